The molecule has 1 aromatic carbocycles. The minimum atomic E-state index is -3.84. The number of nitrogens with zero attached hydrogens (tertiary/aromatic N) is 3. The SMILES string of the molecule is Cc1ccc(C)c(/C=C/c2onc(C)c2S(=O)(=O)N2CCC[C@H](C(=O)N3CCCC3)C2)c1. The predicted molar refractivity (Wildman–Crippen MR) is 123 cm³/mol. The quantitative estimate of drug-likeness (QED) is 0.682. The van der Waals surface area contributed by atoms with Gasteiger partial charge in [-0.25, -0.2) is 8.42 Å². The van der Waals surface area contributed by atoms with E-state index in [1.54, 1.807) is 13.0 Å². The van der Waals surface area contributed by atoms with Crippen LogP contribution in [0.5, 0.6) is 0 Å². The zero-order valence-corrected chi connectivity index (χ0v) is 19.8. The van der Waals surface area contributed by atoms with E-state index in [1.165, 1.54) is 4.31 Å². The molecule has 0 aliphatic carbocycles. The smallest absolute Gasteiger partial charge is 0.248 e. The van der Waals surface area contributed by atoms with Crippen molar-refractivity contribution in [2.75, 3.05) is 26.2 Å². The van der Waals surface area contributed by atoms with Crippen LogP contribution in [0.4, 0.5) is 0 Å². The Hall–Kier alpha value is -2.45. The monoisotopic (exact) mass is 457 g/mol. The molecule has 172 valence electrons. The number of piperidine rings is 1. The molecule has 0 bridgehead atoms. The van der Waals surface area contributed by atoms with Crippen LogP contribution < -0.4 is 0 Å². The summed E-state index contributed by atoms with van der Waals surface area (Å²) < 4.78 is 34.0. The molecule has 2 aliphatic rings. The Bertz CT molecular complexity index is 1130. The second-order valence-corrected chi connectivity index (χ2v) is 10.8. The van der Waals surface area contributed by atoms with Crippen LogP contribution in [0.3, 0.4) is 0 Å². The fraction of sp³-hybridized carbons (Fsp3) is 0.500. The zero-order valence-electron chi connectivity index (χ0n) is 19.0. The molecular weight excluding hydrogens is 426 g/mol. The molecule has 32 heavy (non-hydrogen) atoms. The number of sulfonamides is 1. The van der Waals surface area contributed by atoms with Gasteiger partial charge in [0.05, 0.1) is 5.92 Å². The lowest BCUT2D eigenvalue weighted by molar-refractivity contribution is -0.135. The lowest BCUT2D eigenvalue weighted by atomic mass is 9.98. The van der Waals surface area contributed by atoms with Crippen molar-refractivity contribution >= 4 is 28.1 Å². The van der Waals surface area contributed by atoms with Crippen molar-refractivity contribution in [1.29, 1.82) is 0 Å². The zero-order chi connectivity index (χ0) is 22.9. The lowest BCUT2D eigenvalue weighted by Gasteiger charge is -2.33. The Morgan fingerprint density at radius 3 is 2.59 bits per heavy atom. The largest absolute Gasteiger partial charge is 0.355 e. The van der Waals surface area contributed by atoms with E-state index < -0.39 is 10.0 Å². The Balaban J connectivity index is 1.59. The van der Waals surface area contributed by atoms with E-state index in [2.05, 4.69) is 5.16 Å². The maximum Gasteiger partial charge on any atom is 0.248 e. The first-order valence-electron chi connectivity index (χ1n) is 11.3. The summed E-state index contributed by atoms with van der Waals surface area (Å²) in [6.07, 6.45) is 6.97. The molecule has 2 aliphatic heterocycles. The molecule has 2 saturated heterocycles. The fourth-order valence-corrected chi connectivity index (χ4v) is 6.36. The van der Waals surface area contributed by atoms with E-state index in [0.29, 0.717) is 18.7 Å². The maximum absolute atomic E-state index is 13.6. The topological polar surface area (TPSA) is 83.7 Å². The fourth-order valence-electron chi connectivity index (χ4n) is 4.59. The standard InChI is InChI=1S/C24H31N3O4S/c1-17-8-9-18(2)20(15-17)10-11-22-23(19(3)25-31-22)32(29,30)27-14-6-7-21(16-27)24(28)26-12-4-5-13-26/h8-11,15,21H,4-7,12-14,16H2,1-3H3/b11-10+/t21-/m0/s1. The molecule has 0 spiro atoms. The third-order valence-corrected chi connectivity index (χ3v) is 8.46. The minimum absolute atomic E-state index is 0.0829. The molecule has 1 aromatic heterocycles. The molecule has 1 amide bonds. The van der Waals surface area contributed by atoms with Crippen LogP contribution >= 0.6 is 0 Å². The first kappa shape index (κ1) is 22.7. The molecule has 2 aromatic rings. The van der Waals surface area contributed by atoms with Crippen LogP contribution in [0.1, 0.15) is 53.8 Å². The maximum atomic E-state index is 13.6. The van der Waals surface area contributed by atoms with Crippen molar-refractivity contribution in [2.45, 2.75) is 51.3 Å². The molecule has 8 heteroatoms. The summed E-state index contributed by atoms with van der Waals surface area (Å²) >= 11 is 0. The summed E-state index contributed by atoms with van der Waals surface area (Å²) in [6.45, 7) is 7.83. The van der Waals surface area contributed by atoms with Gasteiger partial charge in [-0.15, -0.1) is 0 Å². The molecule has 2 fully saturated rings. The Labute approximate surface area is 190 Å². The van der Waals surface area contributed by atoms with Gasteiger partial charge in [0.2, 0.25) is 15.9 Å². The Morgan fingerprint density at radius 2 is 1.84 bits per heavy atom. The number of aryl methyl sites for hydroxylation is 3. The number of rotatable bonds is 5. The molecular formula is C24H31N3O4S. The Morgan fingerprint density at radius 1 is 1.09 bits per heavy atom. The number of carbonyl (C=O) groups is 1. The highest BCUT2D eigenvalue weighted by Crippen LogP contribution is 2.30. The van der Waals surface area contributed by atoms with Gasteiger partial charge in [0.15, 0.2) is 10.7 Å². The third-order valence-electron chi connectivity index (χ3n) is 6.43. The molecule has 0 radical (unpaired) electrons. The predicted octanol–water partition coefficient (Wildman–Crippen LogP) is 3.79. The van der Waals surface area contributed by atoms with Crippen LogP contribution in [-0.4, -0.2) is 54.9 Å². The van der Waals surface area contributed by atoms with Crippen LogP contribution in [0.2, 0.25) is 0 Å². The highest BCUT2D eigenvalue weighted by Gasteiger charge is 2.38. The first-order valence-corrected chi connectivity index (χ1v) is 12.7. The normalized spacial score (nSPS) is 20.3. The second kappa shape index (κ2) is 9.19. The van der Waals surface area contributed by atoms with E-state index in [4.69, 9.17) is 4.52 Å². The molecule has 3 heterocycles. The van der Waals surface area contributed by atoms with Crippen LogP contribution in [0.25, 0.3) is 12.2 Å². The highest BCUT2D eigenvalue weighted by atomic mass is 32.2. The molecule has 0 N–H and O–H groups in total. The summed E-state index contributed by atoms with van der Waals surface area (Å²) in [5.74, 6) is 0.0154. The van der Waals surface area contributed by atoms with Crippen molar-refractivity contribution in [1.82, 2.24) is 14.4 Å². The average molecular weight is 458 g/mol. The number of hydrogen-bond acceptors (Lipinski definition) is 5. The van der Waals surface area contributed by atoms with Gasteiger partial charge in [-0.2, -0.15) is 4.31 Å². The second-order valence-electron chi connectivity index (χ2n) is 8.89. The van der Waals surface area contributed by atoms with Gasteiger partial charge in [-0.1, -0.05) is 35.0 Å². The summed E-state index contributed by atoms with van der Waals surface area (Å²) in [4.78, 5) is 14.8. The number of carbonyl (C=O) groups excluding carboxylic acids is 1. The van der Waals surface area contributed by atoms with Gasteiger partial charge in [-0.3, -0.25) is 4.79 Å². The molecule has 0 unspecified atom stereocenters. The summed E-state index contributed by atoms with van der Waals surface area (Å²) in [6, 6.07) is 6.11. The summed E-state index contributed by atoms with van der Waals surface area (Å²) in [5, 5.41) is 3.94. The first-order chi connectivity index (χ1) is 15.3. The molecule has 4 rings (SSSR count). The van der Waals surface area contributed by atoms with E-state index in [9.17, 15) is 13.2 Å². The van der Waals surface area contributed by atoms with Crippen molar-refractivity contribution in [3.63, 3.8) is 0 Å². The van der Waals surface area contributed by atoms with Gasteiger partial charge in [0.25, 0.3) is 0 Å². The summed E-state index contributed by atoms with van der Waals surface area (Å²) in [7, 11) is -3.84. The van der Waals surface area contributed by atoms with E-state index in [-0.39, 0.29) is 29.0 Å². The number of benzene rings is 1. The van der Waals surface area contributed by atoms with Crippen LogP contribution in [0, 0.1) is 26.7 Å². The Kier molecular flexibility index (Phi) is 6.53. The van der Waals surface area contributed by atoms with Crippen molar-refractivity contribution in [2.24, 2.45) is 5.92 Å². The third kappa shape index (κ3) is 4.52. The van der Waals surface area contributed by atoms with Gasteiger partial charge >= 0.3 is 0 Å². The summed E-state index contributed by atoms with van der Waals surface area (Å²) in [5.41, 5.74) is 3.54. The number of hydrogen-bond donors (Lipinski definition) is 0. The number of amides is 1. The van der Waals surface area contributed by atoms with Crippen molar-refractivity contribution in [3.8, 4) is 0 Å². The van der Waals surface area contributed by atoms with E-state index in [1.807, 2.05) is 43.0 Å². The average Bonchev–Trinajstić information content (AvgIpc) is 3.44. The lowest BCUT2D eigenvalue weighted by Crippen LogP contribution is -2.46. The van der Waals surface area contributed by atoms with Gasteiger partial charge < -0.3 is 9.42 Å². The van der Waals surface area contributed by atoms with Crippen LogP contribution in [-0.2, 0) is 14.8 Å². The van der Waals surface area contributed by atoms with Gasteiger partial charge in [-0.05, 0) is 63.7 Å². The minimum Gasteiger partial charge on any atom is -0.355 e. The van der Waals surface area contributed by atoms with Crippen LogP contribution in [0.15, 0.2) is 27.6 Å². The molecule has 0 saturated carbocycles. The molecule has 7 nitrogen and oxygen atoms in total. The van der Waals surface area contributed by atoms with Crippen molar-refractivity contribution in [3.05, 3.63) is 46.3 Å². The number of aromatic nitrogens is 1. The van der Waals surface area contributed by atoms with Gasteiger partial charge in [0.1, 0.15) is 5.69 Å². The van der Waals surface area contributed by atoms with Crippen molar-refractivity contribution < 1.29 is 17.7 Å². The van der Waals surface area contributed by atoms with E-state index >= 15 is 0 Å². The van der Waals surface area contributed by atoms with Gasteiger partial charge in [0, 0.05) is 26.2 Å². The number of likely N-dealkylation sites (tertiary alicyclic amines) is 1. The van der Waals surface area contributed by atoms with E-state index in [0.717, 1.165) is 49.0 Å². The highest BCUT2D eigenvalue weighted by molar-refractivity contribution is 7.89. The molecule has 1 atom stereocenters.